The highest BCUT2D eigenvalue weighted by Crippen LogP contribution is 2.24. The number of imidazole rings is 1. The Hall–Kier alpha value is -1.71. The highest BCUT2D eigenvalue weighted by molar-refractivity contribution is 5.58. The molecule has 0 aromatic carbocycles. The van der Waals surface area contributed by atoms with E-state index in [-0.39, 0.29) is 0 Å². The van der Waals surface area contributed by atoms with E-state index in [1.54, 1.807) is 0 Å². The molecule has 0 amide bonds. The summed E-state index contributed by atoms with van der Waals surface area (Å²) in [5.41, 5.74) is 9.09. The number of rotatable bonds is 2. The molecule has 0 aliphatic rings. The summed E-state index contributed by atoms with van der Waals surface area (Å²) in [6.07, 6.45) is 2.02. The summed E-state index contributed by atoms with van der Waals surface area (Å²) in [6.45, 7) is 4.20. The summed E-state index contributed by atoms with van der Waals surface area (Å²) < 4.78 is 1.95. The molecular weight excluding hydrogens is 200 g/mol. The van der Waals surface area contributed by atoms with Crippen LogP contribution in [0.25, 0.3) is 5.65 Å². The average molecular weight is 218 g/mol. The molecule has 4 nitrogen and oxygen atoms in total. The minimum atomic E-state index is 0.350. The van der Waals surface area contributed by atoms with Gasteiger partial charge in [-0.15, -0.1) is 0 Å². The first-order valence-electron chi connectivity index (χ1n) is 5.45. The molecule has 0 radical (unpaired) electrons. The number of hydrogen-bond donors (Lipinski definition) is 1. The third kappa shape index (κ3) is 1.60. The molecule has 0 unspecified atom stereocenters. The van der Waals surface area contributed by atoms with Crippen LogP contribution in [0.3, 0.4) is 0 Å². The standard InChI is InChI=1S/C12H18N4/c1-8(2)11-12(13)16-7-9(15(3)4)5-6-10(16)14-11/h5-8H,13H2,1-4H3. The van der Waals surface area contributed by atoms with Crippen LogP contribution in [0.4, 0.5) is 11.5 Å². The molecule has 0 spiro atoms. The average Bonchev–Trinajstić information content (AvgIpc) is 2.56. The van der Waals surface area contributed by atoms with Crippen LogP contribution in [-0.2, 0) is 0 Å². The lowest BCUT2D eigenvalue weighted by molar-refractivity contribution is 0.838. The molecule has 2 aromatic heterocycles. The smallest absolute Gasteiger partial charge is 0.138 e. The molecule has 0 atom stereocenters. The van der Waals surface area contributed by atoms with E-state index in [0.717, 1.165) is 22.8 Å². The second kappa shape index (κ2) is 3.70. The molecule has 0 bridgehead atoms. The van der Waals surface area contributed by atoms with E-state index < -0.39 is 0 Å². The zero-order valence-corrected chi connectivity index (χ0v) is 10.2. The fourth-order valence-electron chi connectivity index (χ4n) is 1.76. The summed E-state index contributed by atoms with van der Waals surface area (Å²) in [7, 11) is 4.02. The van der Waals surface area contributed by atoms with E-state index in [2.05, 4.69) is 18.8 Å². The van der Waals surface area contributed by atoms with Crippen LogP contribution in [0.1, 0.15) is 25.5 Å². The molecule has 0 fully saturated rings. The third-order valence-corrected chi connectivity index (χ3v) is 2.73. The quantitative estimate of drug-likeness (QED) is 0.839. The number of anilines is 2. The maximum atomic E-state index is 6.09. The van der Waals surface area contributed by atoms with Crippen LogP contribution in [0.15, 0.2) is 18.3 Å². The largest absolute Gasteiger partial charge is 0.383 e. The van der Waals surface area contributed by atoms with Crippen molar-refractivity contribution >= 4 is 17.2 Å². The minimum Gasteiger partial charge on any atom is -0.383 e. The van der Waals surface area contributed by atoms with Crippen molar-refractivity contribution in [2.45, 2.75) is 19.8 Å². The molecule has 86 valence electrons. The Kier molecular flexibility index (Phi) is 2.50. The molecule has 2 rings (SSSR count). The van der Waals surface area contributed by atoms with Crippen molar-refractivity contribution in [3.8, 4) is 0 Å². The zero-order chi connectivity index (χ0) is 11.9. The summed E-state index contributed by atoms with van der Waals surface area (Å²) in [5.74, 6) is 1.09. The van der Waals surface area contributed by atoms with Crippen LogP contribution in [0.2, 0.25) is 0 Å². The zero-order valence-electron chi connectivity index (χ0n) is 10.2. The van der Waals surface area contributed by atoms with Gasteiger partial charge in [0.1, 0.15) is 11.5 Å². The van der Waals surface area contributed by atoms with E-state index in [1.807, 2.05) is 41.7 Å². The van der Waals surface area contributed by atoms with Crippen molar-refractivity contribution in [1.82, 2.24) is 9.38 Å². The van der Waals surface area contributed by atoms with Gasteiger partial charge in [-0.2, -0.15) is 0 Å². The van der Waals surface area contributed by atoms with E-state index in [9.17, 15) is 0 Å². The maximum Gasteiger partial charge on any atom is 0.138 e. The van der Waals surface area contributed by atoms with Gasteiger partial charge in [-0.25, -0.2) is 4.98 Å². The Bertz CT molecular complexity index is 511. The van der Waals surface area contributed by atoms with Crippen molar-refractivity contribution in [3.05, 3.63) is 24.0 Å². The number of nitrogens with zero attached hydrogens (tertiary/aromatic N) is 3. The van der Waals surface area contributed by atoms with Crippen LogP contribution >= 0.6 is 0 Å². The van der Waals surface area contributed by atoms with Gasteiger partial charge in [0.25, 0.3) is 0 Å². The van der Waals surface area contributed by atoms with Gasteiger partial charge in [0.2, 0.25) is 0 Å². The second-order valence-electron chi connectivity index (χ2n) is 4.55. The van der Waals surface area contributed by atoms with Gasteiger partial charge >= 0.3 is 0 Å². The van der Waals surface area contributed by atoms with E-state index in [0.29, 0.717) is 5.92 Å². The van der Waals surface area contributed by atoms with Crippen LogP contribution in [0.5, 0.6) is 0 Å². The first-order valence-corrected chi connectivity index (χ1v) is 5.45. The van der Waals surface area contributed by atoms with Gasteiger partial charge in [0, 0.05) is 20.3 Å². The van der Waals surface area contributed by atoms with Gasteiger partial charge in [-0.05, 0) is 18.1 Å². The van der Waals surface area contributed by atoms with Crippen molar-refractivity contribution < 1.29 is 0 Å². The third-order valence-electron chi connectivity index (χ3n) is 2.73. The Morgan fingerprint density at radius 2 is 2.00 bits per heavy atom. The predicted octanol–water partition coefficient (Wildman–Crippen LogP) is 2.11. The van der Waals surface area contributed by atoms with Gasteiger partial charge in [0.05, 0.1) is 11.4 Å². The Morgan fingerprint density at radius 3 is 2.56 bits per heavy atom. The molecule has 0 saturated carbocycles. The molecule has 4 heteroatoms. The van der Waals surface area contributed by atoms with Crippen molar-refractivity contribution in [1.29, 1.82) is 0 Å². The summed E-state index contributed by atoms with van der Waals surface area (Å²) >= 11 is 0. The van der Waals surface area contributed by atoms with Crippen LogP contribution in [-0.4, -0.2) is 23.5 Å². The predicted molar refractivity (Wildman–Crippen MR) is 68.0 cm³/mol. The van der Waals surface area contributed by atoms with Crippen LogP contribution in [0, 0.1) is 0 Å². The van der Waals surface area contributed by atoms with Gasteiger partial charge in [0.15, 0.2) is 0 Å². The number of hydrogen-bond acceptors (Lipinski definition) is 3. The van der Waals surface area contributed by atoms with E-state index >= 15 is 0 Å². The molecule has 0 aliphatic heterocycles. The maximum absolute atomic E-state index is 6.09. The van der Waals surface area contributed by atoms with Gasteiger partial charge < -0.3 is 10.6 Å². The van der Waals surface area contributed by atoms with Crippen molar-refractivity contribution in [2.75, 3.05) is 24.7 Å². The lowest BCUT2D eigenvalue weighted by Crippen LogP contribution is -2.09. The molecule has 0 saturated heterocycles. The Balaban J connectivity index is 2.64. The fraction of sp³-hybridized carbons (Fsp3) is 0.417. The molecule has 0 aliphatic carbocycles. The Morgan fingerprint density at radius 1 is 1.31 bits per heavy atom. The molecular formula is C12H18N4. The number of fused-ring (bicyclic) bond motifs is 1. The molecule has 2 heterocycles. The Labute approximate surface area is 95.7 Å². The molecule has 16 heavy (non-hydrogen) atoms. The lowest BCUT2D eigenvalue weighted by Gasteiger charge is -2.12. The van der Waals surface area contributed by atoms with Gasteiger partial charge in [-0.3, -0.25) is 4.40 Å². The van der Waals surface area contributed by atoms with Crippen molar-refractivity contribution in [2.24, 2.45) is 0 Å². The number of nitrogen functional groups attached to an aromatic ring is 1. The van der Waals surface area contributed by atoms with Gasteiger partial charge in [-0.1, -0.05) is 13.8 Å². The monoisotopic (exact) mass is 218 g/mol. The SMILES string of the molecule is CC(C)c1nc2ccc(N(C)C)cn2c1N. The van der Waals surface area contributed by atoms with Crippen molar-refractivity contribution in [3.63, 3.8) is 0 Å². The first kappa shape index (κ1) is 10.8. The highest BCUT2D eigenvalue weighted by atomic mass is 15.1. The normalized spacial score (nSPS) is 11.3. The van der Waals surface area contributed by atoms with Crippen LogP contribution < -0.4 is 10.6 Å². The lowest BCUT2D eigenvalue weighted by atomic mass is 10.1. The molecule has 2 aromatic rings. The topological polar surface area (TPSA) is 46.6 Å². The highest BCUT2D eigenvalue weighted by Gasteiger charge is 2.12. The summed E-state index contributed by atoms with van der Waals surface area (Å²) in [6, 6.07) is 4.05. The first-order chi connectivity index (χ1) is 7.50. The van der Waals surface area contributed by atoms with E-state index in [4.69, 9.17) is 5.73 Å². The number of nitrogens with two attached hydrogens (primary N) is 1. The second-order valence-corrected chi connectivity index (χ2v) is 4.55. The fourth-order valence-corrected chi connectivity index (χ4v) is 1.76. The molecule has 2 N–H and O–H groups in total. The number of aromatic nitrogens is 2. The minimum absolute atomic E-state index is 0.350. The summed E-state index contributed by atoms with van der Waals surface area (Å²) in [5, 5.41) is 0. The summed E-state index contributed by atoms with van der Waals surface area (Å²) in [4.78, 5) is 6.58. The number of pyridine rings is 1. The van der Waals surface area contributed by atoms with E-state index in [1.165, 1.54) is 0 Å².